The van der Waals surface area contributed by atoms with Crippen LogP contribution in [-0.2, 0) is 11.2 Å². The molecule has 2 N–H and O–H groups in total. The van der Waals surface area contributed by atoms with Gasteiger partial charge in [0.15, 0.2) is 0 Å². The number of amides is 1. The number of aliphatic carboxylic acids is 1. The van der Waals surface area contributed by atoms with Crippen molar-refractivity contribution in [2.24, 2.45) is 5.41 Å². The predicted octanol–water partition coefficient (Wildman–Crippen LogP) is 3.41. The summed E-state index contributed by atoms with van der Waals surface area (Å²) in [7, 11) is 0. The average molecular weight is 364 g/mol. The SMILES string of the molecule is Cc1nc(Cc2ccc(F)cc2)sc1C(=O)NCCC(C)(C)C(=O)O. The molecule has 0 spiro atoms. The lowest BCUT2D eigenvalue weighted by molar-refractivity contribution is -0.147. The van der Waals surface area contributed by atoms with Crippen LogP contribution in [0.1, 0.15) is 46.2 Å². The fraction of sp³-hybridized carbons (Fsp3) is 0.389. The number of nitrogens with one attached hydrogen (secondary N) is 1. The highest BCUT2D eigenvalue weighted by Crippen LogP contribution is 2.22. The Bertz CT molecular complexity index is 769. The minimum Gasteiger partial charge on any atom is -0.481 e. The quantitative estimate of drug-likeness (QED) is 0.789. The lowest BCUT2D eigenvalue weighted by Crippen LogP contribution is -2.31. The molecule has 0 aliphatic rings. The van der Waals surface area contributed by atoms with Gasteiger partial charge >= 0.3 is 5.97 Å². The molecule has 0 aliphatic heterocycles. The Kier molecular flexibility index (Phi) is 5.89. The van der Waals surface area contributed by atoms with E-state index in [2.05, 4.69) is 10.3 Å². The monoisotopic (exact) mass is 364 g/mol. The van der Waals surface area contributed by atoms with E-state index in [1.54, 1.807) is 32.9 Å². The smallest absolute Gasteiger partial charge is 0.309 e. The second-order valence-electron chi connectivity index (χ2n) is 6.52. The first-order valence-electron chi connectivity index (χ1n) is 7.91. The van der Waals surface area contributed by atoms with Crippen molar-refractivity contribution in [3.05, 3.63) is 51.2 Å². The van der Waals surface area contributed by atoms with E-state index >= 15 is 0 Å². The van der Waals surface area contributed by atoms with Gasteiger partial charge in [0.25, 0.3) is 5.91 Å². The summed E-state index contributed by atoms with van der Waals surface area (Å²) < 4.78 is 12.9. The van der Waals surface area contributed by atoms with E-state index in [0.717, 1.165) is 10.6 Å². The highest BCUT2D eigenvalue weighted by atomic mass is 32.1. The van der Waals surface area contributed by atoms with Gasteiger partial charge in [-0.25, -0.2) is 9.37 Å². The Labute approximate surface area is 149 Å². The van der Waals surface area contributed by atoms with Crippen molar-refractivity contribution < 1.29 is 19.1 Å². The largest absolute Gasteiger partial charge is 0.481 e. The number of hydrogen-bond acceptors (Lipinski definition) is 4. The average Bonchev–Trinajstić information content (AvgIpc) is 2.90. The third kappa shape index (κ3) is 5.09. The van der Waals surface area contributed by atoms with E-state index in [9.17, 15) is 14.0 Å². The van der Waals surface area contributed by atoms with Crippen LogP contribution in [0.4, 0.5) is 4.39 Å². The first kappa shape index (κ1) is 19.1. The molecule has 0 saturated carbocycles. The molecule has 7 heteroatoms. The second kappa shape index (κ2) is 7.74. The molecule has 25 heavy (non-hydrogen) atoms. The molecule has 0 saturated heterocycles. The molecular weight excluding hydrogens is 343 g/mol. The van der Waals surface area contributed by atoms with Gasteiger partial charge in [0, 0.05) is 13.0 Å². The summed E-state index contributed by atoms with van der Waals surface area (Å²) in [6.07, 6.45) is 0.874. The number of aromatic nitrogens is 1. The van der Waals surface area contributed by atoms with Gasteiger partial charge in [-0.05, 0) is 44.9 Å². The first-order chi connectivity index (χ1) is 11.7. The molecule has 0 radical (unpaired) electrons. The molecule has 1 aromatic heterocycles. The highest BCUT2D eigenvalue weighted by Gasteiger charge is 2.27. The third-order valence-corrected chi connectivity index (χ3v) is 5.09. The first-order valence-corrected chi connectivity index (χ1v) is 8.73. The van der Waals surface area contributed by atoms with Crippen molar-refractivity contribution in [1.29, 1.82) is 0 Å². The maximum Gasteiger partial charge on any atom is 0.309 e. The molecule has 2 aromatic rings. The number of hydrogen-bond donors (Lipinski definition) is 2. The number of benzene rings is 1. The summed E-state index contributed by atoms with van der Waals surface area (Å²) in [5, 5.41) is 12.6. The molecule has 2 rings (SSSR count). The van der Waals surface area contributed by atoms with Crippen LogP contribution in [0.15, 0.2) is 24.3 Å². The van der Waals surface area contributed by atoms with Gasteiger partial charge in [0.05, 0.1) is 16.1 Å². The molecule has 0 aliphatic carbocycles. The van der Waals surface area contributed by atoms with Crippen molar-refractivity contribution in [3.63, 3.8) is 0 Å². The number of thiazole rings is 1. The molecule has 0 bridgehead atoms. The summed E-state index contributed by atoms with van der Waals surface area (Å²) >= 11 is 1.30. The molecule has 1 amide bonds. The number of halogens is 1. The number of carboxylic acid groups (broad SMARTS) is 1. The van der Waals surface area contributed by atoms with Crippen molar-refractivity contribution in [3.8, 4) is 0 Å². The van der Waals surface area contributed by atoms with E-state index in [0.29, 0.717) is 23.4 Å². The standard InChI is InChI=1S/C18H21FN2O3S/c1-11-15(16(22)20-9-8-18(2,3)17(23)24)25-14(21-11)10-12-4-6-13(19)7-5-12/h4-7H,8-10H2,1-3H3,(H,20,22)(H,23,24). The Morgan fingerprint density at radius 1 is 1.28 bits per heavy atom. The maximum atomic E-state index is 12.9. The Morgan fingerprint density at radius 3 is 2.52 bits per heavy atom. The number of rotatable bonds is 7. The molecular formula is C18H21FN2O3S. The van der Waals surface area contributed by atoms with Gasteiger partial charge in [-0.1, -0.05) is 12.1 Å². The zero-order valence-corrected chi connectivity index (χ0v) is 15.2. The van der Waals surface area contributed by atoms with Crippen LogP contribution >= 0.6 is 11.3 Å². The van der Waals surface area contributed by atoms with Gasteiger partial charge < -0.3 is 10.4 Å². The Hall–Kier alpha value is -2.28. The molecule has 1 aromatic carbocycles. The second-order valence-corrected chi connectivity index (χ2v) is 7.60. The topological polar surface area (TPSA) is 79.3 Å². The van der Waals surface area contributed by atoms with Crippen LogP contribution in [0, 0.1) is 18.2 Å². The summed E-state index contributed by atoms with van der Waals surface area (Å²) in [5.74, 6) is -1.43. The van der Waals surface area contributed by atoms with Crippen LogP contribution in [0.3, 0.4) is 0 Å². The fourth-order valence-electron chi connectivity index (χ4n) is 2.19. The summed E-state index contributed by atoms with van der Waals surface area (Å²) in [4.78, 5) is 28.3. The number of nitrogens with zero attached hydrogens (tertiary/aromatic N) is 1. The predicted molar refractivity (Wildman–Crippen MR) is 94.4 cm³/mol. The molecule has 0 fully saturated rings. The van der Waals surface area contributed by atoms with Crippen molar-refractivity contribution in [2.75, 3.05) is 6.54 Å². The molecule has 0 atom stereocenters. The zero-order valence-electron chi connectivity index (χ0n) is 14.4. The Balaban J connectivity index is 1.98. The highest BCUT2D eigenvalue weighted by molar-refractivity contribution is 7.13. The fourth-order valence-corrected chi connectivity index (χ4v) is 3.21. The minimum absolute atomic E-state index is 0.249. The van der Waals surface area contributed by atoms with Crippen molar-refractivity contribution in [1.82, 2.24) is 10.3 Å². The minimum atomic E-state index is -0.891. The summed E-state index contributed by atoms with van der Waals surface area (Å²) in [6, 6.07) is 6.18. The van der Waals surface area contributed by atoms with E-state index in [4.69, 9.17) is 5.11 Å². The van der Waals surface area contributed by atoms with Crippen LogP contribution in [0.25, 0.3) is 0 Å². The lowest BCUT2D eigenvalue weighted by Gasteiger charge is -2.18. The number of carbonyl (C=O) groups excluding carboxylic acids is 1. The van der Waals surface area contributed by atoms with E-state index < -0.39 is 11.4 Å². The van der Waals surface area contributed by atoms with E-state index in [-0.39, 0.29) is 18.3 Å². The number of carboxylic acids is 1. The molecule has 1 heterocycles. The normalized spacial score (nSPS) is 11.4. The third-order valence-electron chi connectivity index (χ3n) is 3.93. The van der Waals surface area contributed by atoms with Crippen molar-refractivity contribution in [2.45, 2.75) is 33.6 Å². The van der Waals surface area contributed by atoms with Gasteiger partial charge in [0.2, 0.25) is 0 Å². The zero-order chi connectivity index (χ0) is 18.6. The lowest BCUT2D eigenvalue weighted by atomic mass is 9.90. The maximum absolute atomic E-state index is 12.9. The van der Waals surface area contributed by atoms with Crippen molar-refractivity contribution >= 4 is 23.2 Å². The van der Waals surface area contributed by atoms with E-state index in [1.807, 2.05) is 0 Å². The van der Waals surface area contributed by atoms with Crippen LogP contribution < -0.4 is 5.32 Å². The number of aryl methyl sites for hydroxylation is 1. The molecule has 134 valence electrons. The van der Waals surface area contributed by atoms with Gasteiger partial charge in [-0.15, -0.1) is 11.3 Å². The van der Waals surface area contributed by atoms with Gasteiger partial charge in [0.1, 0.15) is 10.7 Å². The number of carbonyl (C=O) groups is 2. The van der Waals surface area contributed by atoms with Crippen LogP contribution in [0.2, 0.25) is 0 Å². The summed E-state index contributed by atoms with van der Waals surface area (Å²) in [6.45, 7) is 5.30. The Morgan fingerprint density at radius 2 is 1.92 bits per heavy atom. The molecule has 5 nitrogen and oxygen atoms in total. The van der Waals surface area contributed by atoms with Crippen LogP contribution in [0.5, 0.6) is 0 Å². The van der Waals surface area contributed by atoms with Gasteiger partial charge in [-0.2, -0.15) is 0 Å². The van der Waals surface area contributed by atoms with E-state index in [1.165, 1.54) is 23.5 Å². The molecule has 0 unspecified atom stereocenters. The summed E-state index contributed by atoms with van der Waals surface area (Å²) in [5.41, 5.74) is 0.673. The van der Waals surface area contributed by atoms with Gasteiger partial charge in [-0.3, -0.25) is 9.59 Å². The van der Waals surface area contributed by atoms with Crippen LogP contribution in [-0.4, -0.2) is 28.5 Å².